The number of carboxylic acids is 1. The molecule has 2 rings (SSSR count). The van der Waals surface area contributed by atoms with Crippen molar-refractivity contribution in [2.45, 2.75) is 18.4 Å². The Kier molecular flexibility index (Phi) is 3.39. The summed E-state index contributed by atoms with van der Waals surface area (Å²) >= 11 is 5.71. The molecule has 19 heavy (non-hydrogen) atoms. The van der Waals surface area contributed by atoms with E-state index in [1.54, 1.807) is 0 Å². The van der Waals surface area contributed by atoms with Gasteiger partial charge in [0.25, 0.3) is 0 Å². The van der Waals surface area contributed by atoms with Crippen LogP contribution in [0.4, 0.5) is 5.69 Å². The van der Waals surface area contributed by atoms with Crippen LogP contribution in [0.15, 0.2) is 18.2 Å². The van der Waals surface area contributed by atoms with Crippen molar-refractivity contribution < 1.29 is 18.3 Å². The van der Waals surface area contributed by atoms with E-state index >= 15 is 0 Å². The molecule has 0 aliphatic heterocycles. The molecule has 1 aliphatic rings. The molecule has 6 nitrogen and oxygen atoms in total. The number of thiol groups is 1. The summed E-state index contributed by atoms with van der Waals surface area (Å²) in [7, 11) is -3.12. The van der Waals surface area contributed by atoms with Gasteiger partial charge in [0.05, 0.1) is 17.3 Å². The van der Waals surface area contributed by atoms with E-state index < -0.39 is 22.4 Å². The van der Waals surface area contributed by atoms with Crippen LogP contribution < -0.4 is 4.31 Å². The molecule has 0 aromatic heterocycles. The van der Waals surface area contributed by atoms with Crippen molar-refractivity contribution in [1.82, 2.24) is 0 Å². The van der Waals surface area contributed by atoms with Crippen LogP contribution >= 0.6 is 11.6 Å². The van der Waals surface area contributed by atoms with Crippen molar-refractivity contribution >= 4 is 34.1 Å². The fourth-order valence-electron chi connectivity index (χ4n) is 1.83. The van der Waals surface area contributed by atoms with E-state index in [0.29, 0.717) is 12.8 Å². The van der Waals surface area contributed by atoms with Gasteiger partial charge in [0.1, 0.15) is 5.54 Å². The molecule has 0 spiro atoms. The second kappa shape index (κ2) is 4.72. The third-order valence-electron chi connectivity index (χ3n) is 2.92. The van der Waals surface area contributed by atoms with Gasteiger partial charge in [-0.15, -0.1) is 0 Å². The Morgan fingerprint density at radius 1 is 1.47 bits per heavy atom. The molecule has 1 aromatic carbocycles. The Hall–Kier alpha value is -1.78. The lowest BCUT2D eigenvalue weighted by molar-refractivity contribution is 0.0697. The normalized spacial score (nSPS) is 15.8. The van der Waals surface area contributed by atoms with Crippen molar-refractivity contribution in [3.63, 3.8) is 0 Å². The quantitative estimate of drug-likeness (QED) is 0.820. The first-order valence-corrected chi connectivity index (χ1v) is 6.81. The second-order valence-corrected chi connectivity index (χ2v) is 5.47. The van der Waals surface area contributed by atoms with Crippen LogP contribution in [0, 0.1) is 11.3 Å². The summed E-state index contributed by atoms with van der Waals surface area (Å²) in [4.78, 5) is 11.2. The third kappa shape index (κ3) is 2.37. The zero-order chi connectivity index (χ0) is 14.2. The van der Waals surface area contributed by atoms with Crippen LogP contribution in [0.2, 0.25) is 5.02 Å². The Balaban J connectivity index is 2.62. The van der Waals surface area contributed by atoms with Crippen LogP contribution in [-0.2, 0) is 10.9 Å². The minimum atomic E-state index is -3.12. The molecule has 100 valence electrons. The number of carboxylic acid groups (broad SMARTS) is 1. The van der Waals surface area contributed by atoms with Crippen molar-refractivity contribution in [1.29, 1.82) is 5.26 Å². The maximum atomic E-state index is 11.4. The summed E-state index contributed by atoms with van der Waals surface area (Å²) in [6.07, 6.45) is 0.767. The number of rotatable bonds is 4. The Bertz CT molecular complexity index is 653. The number of benzene rings is 1. The number of anilines is 1. The molecule has 0 saturated heterocycles. The van der Waals surface area contributed by atoms with E-state index in [0.717, 1.165) is 4.31 Å². The molecule has 1 N–H and O–H groups in total. The van der Waals surface area contributed by atoms with Gasteiger partial charge in [-0.1, -0.05) is 11.6 Å². The van der Waals surface area contributed by atoms with Crippen LogP contribution in [-0.4, -0.2) is 25.0 Å². The van der Waals surface area contributed by atoms with Gasteiger partial charge >= 0.3 is 5.97 Å². The molecule has 0 radical (unpaired) electrons. The van der Waals surface area contributed by atoms with Crippen LogP contribution in [0.25, 0.3) is 0 Å². The monoisotopic (exact) mass is 300 g/mol. The number of carbonyl (C=O) groups is 1. The van der Waals surface area contributed by atoms with Crippen LogP contribution in [0.3, 0.4) is 0 Å². The van der Waals surface area contributed by atoms with E-state index in [4.69, 9.17) is 22.0 Å². The summed E-state index contributed by atoms with van der Waals surface area (Å²) in [5, 5.41) is 18.4. The Morgan fingerprint density at radius 2 is 2.11 bits per heavy atom. The van der Waals surface area contributed by atoms with Gasteiger partial charge in [0.2, 0.25) is 10.9 Å². The number of hydrogen-bond acceptors (Lipinski definition) is 4. The predicted molar refractivity (Wildman–Crippen MR) is 68.8 cm³/mol. The number of nitriles is 1. The summed E-state index contributed by atoms with van der Waals surface area (Å²) < 4.78 is 23.6. The molecular weight excluding hydrogens is 292 g/mol. The number of nitrogens with zero attached hydrogens (tertiary/aromatic N) is 2. The van der Waals surface area contributed by atoms with E-state index in [2.05, 4.69) is 0 Å². The van der Waals surface area contributed by atoms with Gasteiger partial charge in [-0.25, -0.2) is 13.2 Å². The summed E-state index contributed by atoms with van der Waals surface area (Å²) in [5.41, 5.74) is -1.44. The first kappa shape index (κ1) is 13.6. The minimum absolute atomic E-state index is 0.0351. The average molecular weight is 301 g/mol. The lowest BCUT2D eigenvalue weighted by atomic mass is 10.1. The van der Waals surface area contributed by atoms with Crippen molar-refractivity contribution in [2.24, 2.45) is 0 Å². The SMILES string of the molecule is N#CC1(N(c2ccc(Cl)cc2C(=O)O)[SH](=O)=O)CC1. The van der Waals surface area contributed by atoms with Crippen molar-refractivity contribution in [2.75, 3.05) is 4.31 Å². The standard InChI is InChI=1S/C11H9ClN2O4S/c12-7-1-2-9(8(5-7)10(15)16)14(19(17)18)11(6-13)3-4-11/h1-2,5,19H,3-4H2,(H,15,16). The summed E-state index contributed by atoms with van der Waals surface area (Å²) in [5.74, 6) is -1.30. The minimum Gasteiger partial charge on any atom is -0.478 e. The molecule has 8 heteroatoms. The molecule has 0 amide bonds. The highest BCUT2D eigenvalue weighted by Gasteiger charge is 2.51. The smallest absolute Gasteiger partial charge is 0.337 e. The highest BCUT2D eigenvalue weighted by atomic mass is 35.5. The molecule has 1 saturated carbocycles. The van der Waals surface area contributed by atoms with E-state index in [9.17, 15) is 13.2 Å². The Morgan fingerprint density at radius 3 is 2.53 bits per heavy atom. The molecule has 1 aliphatic carbocycles. The van der Waals surface area contributed by atoms with Gasteiger partial charge in [-0.3, -0.25) is 4.31 Å². The van der Waals surface area contributed by atoms with Gasteiger partial charge < -0.3 is 5.11 Å². The molecule has 0 bridgehead atoms. The molecule has 1 aromatic rings. The van der Waals surface area contributed by atoms with Gasteiger partial charge in [-0.2, -0.15) is 5.26 Å². The number of aromatic carboxylic acids is 1. The predicted octanol–water partition coefficient (Wildman–Crippen LogP) is 1.43. The lowest BCUT2D eigenvalue weighted by Crippen LogP contribution is -2.36. The topological polar surface area (TPSA) is 98.5 Å². The fraction of sp³-hybridized carbons (Fsp3) is 0.273. The van der Waals surface area contributed by atoms with E-state index in [1.807, 2.05) is 6.07 Å². The average Bonchev–Trinajstić information content (AvgIpc) is 3.11. The van der Waals surface area contributed by atoms with Crippen molar-refractivity contribution in [3.8, 4) is 6.07 Å². The molecule has 0 heterocycles. The first-order chi connectivity index (χ1) is 8.91. The molecule has 0 unspecified atom stereocenters. The van der Waals surface area contributed by atoms with Crippen LogP contribution in [0.5, 0.6) is 0 Å². The van der Waals surface area contributed by atoms with Gasteiger partial charge in [-0.05, 0) is 31.0 Å². The highest BCUT2D eigenvalue weighted by molar-refractivity contribution is 7.74. The summed E-state index contributed by atoms with van der Waals surface area (Å²) in [6.45, 7) is 0. The second-order valence-electron chi connectivity index (χ2n) is 4.16. The first-order valence-electron chi connectivity index (χ1n) is 5.30. The molecular formula is C11H9ClN2O4S. The van der Waals surface area contributed by atoms with E-state index in [-0.39, 0.29) is 16.3 Å². The zero-order valence-electron chi connectivity index (χ0n) is 9.54. The van der Waals surface area contributed by atoms with Crippen molar-refractivity contribution in [3.05, 3.63) is 28.8 Å². The van der Waals surface area contributed by atoms with Gasteiger partial charge in [0.15, 0.2) is 0 Å². The van der Waals surface area contributed by atoms with E-state index in [1.165, 1.54) is 18.2 Å². The summed E-state index contributed by atoms with van der Waals surface area (Å²) in [6, 6.07) is 5.79. The zero-order valence-corrected chi connectivity index (χ0v) is 11.2. The fourth-order valence-corrected chi connectivity index (χ4v) is 2.91. The highest BCUT2D eigenvalue weighted by Crippen LogP contribution is 2.44. The maximum absolute atomic E-state index is 11.4. The molecule has 1 fully saturated rings. The third-order valence-corrected chi connectivity index (χ3v) is 4.08. The van der Waals surface area contributed by atoms with Crippen LogP contribution in [0.1, 0.15) is 23.2 Å². The number of halogens is 1. The Labute approximate surface area is 115 Å². The molecule has 0 atom stereocenters. The number of hydrogen-bond donors (Lipinski definition) is 2. The lowest BCUT2D eigenvalue weighted by Gasteiger charge is -2.24. The largest absolute Gasteiger partial charge is 0.478 e. The van der Waals surface area contributed by atoms with Gasteiger partial charge in [0, 0.05) is 5.02 Å². The maximum Gasteiger partial charge on any atom is 0.337 e.